The van der Waals surface area contributed by atoms with Crippen molar-refractivity contribution in [1.29, 1.82) is 0 Å². The number of hydrogen-bond donors (Lipinski definition) is 0. The van der Waals surface area contributed by atoms with Crippen molar-refractivity contribution in [3.8, 4) is 22.7 Å². The van der Waals surface area contributed by atoms with Crippen LogP contribution >= 0.6 is 22.7 Å². The van der Waals surface area contributed by atoms with Gasteiger partial charge in [-0.25, -0.2) is 0 Å². The number of thiophene rings is 2. The molecule has 12 heteroatoms. The second-order valence-electron chi connectivity index (χ2n) is 26.6. The molecule has 0 amide bonds. The third-order valence-electron chi connectivity index (χ3n) is 20.0. The first-order valence-corrected chi connectivity index (χ1v) is 34.1. The Labute approximate surface area is 553 Å². The number of aryl methyl sites for hydroxylation is 8. The van der Waals surface area contributed by atoms with Crippen LogP contribution in [0, 0.1) is 55.4 Å². The van der Waals surface area contributed by atoms with E-state index in [1.807, 2.05) is 22.7 Å². The van der Waals surface area contributed by atoms with Crippen molar-refractivity contribution in [2.45, 2.75) is 55.4 Å². The van der Waals surface area contributed by atoms with Crippen molar-refractivity contribution in [3.63, 3.8) is 0 Å². The van der Waals surface area contributed by atoms with Gasteiger partial charge in [0.15, 0.2) is 39.1 Å². The first kappa shape index (κ1) is 54.0. The highest BCUT2D eigenvalue weighted by Crippen LogP contribution is 2.52. The lowest BCUT2D eigenvalue weighted by Crippen LogP contribution is -1.93. The van der Waals surface area contributed by atoms with Crippen LogP contribution < -0.4 is 0 Å². The predicted octanol–water partition coefficient (Wildman–Crippen LogP) is 25.1. The Kier molecular flexibility index (Phi) is 10.8. The highest BCUT2D eigenvalue weighted by Gasteiger charge is 2.31. The zero-order chi connectivity index (χ0) is 64.0. The molecular weight excluding hydrogens is 1230 g/mol. The first-order valence-electron chi connectivity index (χ1n) is 32.5. The molecule has 0 radical (unpaired) electrons. The molecule has 0 spiro atoms. The molecule has 0 bridgehead atoms. The molecular formula is C84H56N4O6S2. The summed E-state index contributed by atoms with van der Waals surface area (Å²) >= 11 is 3.63. The van der Waals surface area contributed by atoms with E-state index in [2.05, 4.69) is 268 Å². The van der Waals surface area contributed by atoms with Crippen LogP contribution in [0.25, 0.3) is 196 Å². The number of benzene rings is 10. The second kappa shape index (κ2) is 19.1. The highest BCUT2D eigenvalue weighted by atomic mass is 32.1. The summed E-state index contributed by atoms with van der Waals surface area (Å²) in [6, 6.07) is 69.7. The number of hydrogen-bond acceptors (Lipinski definition) is 8. The largest absolute Gasteiger partial charge is 0.453 e. The lowest BCUT2D eigenvalue weighted by Gasteiger charge is -2.08. The van der Waals surface area contributed by atoms with Crippen LogP contribution in [-0.2, 0) is 0 Å². The smallest absolute Gasteiger partial charge is 0.198 e. The van der Waals surface area contributed by atoms with Gasteiger partial charge in [-0.15, -0.1) is 22.7 Å². The minimum Gasteiger partial charge on any atom is -0.453 e. The van der Waals surface area contributed by atoms with Crippen molar-refractivity contribution in [2.75, 3.05) is 0 Å². The van der Waals surface area contributed by atoms with Gasteiger partial charge in [0.2, 0.25) is 0 Å². The number of rotatable bonds is 4. The molecule has 460 valence electrons. The summed E-state index contributed by atoms with van der Waals surface area (Å²) in [5.41, 5.74) is 32.4. The summed E-state index contributed by atoms with van der Waals surface area (Å²) in [6.45, 7) is 17.0. The lowest BCUT2D eigenvalue weighted by atomic mass is 10.1. The molecule has 22 rings (SSSR count). The van der Waals surface area contributed by atoms with Crippen LogP contribution in [-0.4, -0.2) is 18.3 Å². The van der Waals surface area contributed by atoms with Gasteiger partial charge in [-0.2, -0.15) is 0 Å². The minimum absolute atomic E-state index is 0.715. The van der Waals surface area contributed by atoms with E-state index in [-0.39, 0.29) is 0 Å². The van der Waals surface area contributed by atoms with E-state index >= 15 is 0 Å². The van der Waals surface area contributed by atoms with Gasteiger partial charge in [0, 0.05) is 65.2 Å². The zero-order valence-electron chi connectivity index (χ0n) is 53.5. The van der Waals surface area contributed by atoms with E-state index in [0.717, 1.165) is 160 Å². The average Bonchev–Trinajstić information content (AvgIpc) is 1.54. The van der Waals surface area contributed by atoms with Crippen molar-refractivity contribution in [1.82, 2.24) is 18.3 Å². The Hall–Kier alpha value is -11.4. The molecule has 0 aliphatic carbocycles. The maximum absolute atomic E-state index is 6.92. The topological polar surface area (TPSA) is 98.6 Å². The van der Waals surface area contributed by atoms with E-state index in [1.165, 1.54) is 74.8 Å². The Balaban J connectivity index is 0.000000127. The molecule has 0 aliphatic heterocycles. The van der Waals surface area contributed by atoms with Crippen molar-refractivity contribution >= 4 is 196 Å². The van der Waals surface area contributed by atoms with E-state index in [1.54, 1.807) is 0 Å². The third-order valence-corrected chi connectivity index (χ3v) is 22.3. The fraction of sp³-hybridized carbons (Fsp3) is 0.0952. The van der Waals surface area contributed by atoms with E-state index in [0.29, 0.717) is 5.58 Å². The molecule has 0 aliphatic rings. The Morgan fingerprint density at radius 1 is 0.219 bits per heavy atom. The second-order valence-corrected chi connectivity index (χ2v) is 28.7. The SMILES string of the molecule is Cc1ccc(-n2c3cc(C)ccc3c3oc4c5cc6oc7c8oc9cc(C)ccc9c8n(-c8ccc(C)cc8)c7c6cc5oc4c32)cc1.Cc1ccc(-n2c3cc(C)ccc3c3sc4c5cc6oc7c8sc9cc(C)ccc9c8n(-c8ccc(C)cc8)c7c6cc5oc4c32)cc1. The van der Waals surface area contributed by atoms with Crippen LogP contribution in [0.4, 0.5) is 0 Å². The molecule has 0 saturated carbocycles. The molecule has 0 fully saturated rings. The van der Waals surface area contributed by atoms with E-state index in [9.17, 15) is 0 Å². The van der Waals surface area contributed by atoms with Crippen molar-refractivity contribution in [2.24, 2.45) is 0 Å². The molecule has 12 heterocycles. The summed E-state index contributed by atoms with van der Waals surface area (Å²) in [5.74, 6) is 0. The maximum Gasteiger partial charge on any atom is 0.198 e. The average molecular weight is 1280 g/mol. The standard InChI is InChI=1S/C42H28N2O4.C42H28N2O2S2/c1-21-5-11-25(12-6-21)43-31-17-23(3)9-15-27(31)38-37(43)42-39(48-38)30-20-33-29(19-34(30)47-42)36-41(46-33)40-35(28-16-10-24(4)18-32(28)45-40)44(36)26-13-7-22(2)8-14-26;1-21-5-11-25(12-6-21)43-31-17-23(3)9-15-27(31)40-37(43)39-41(48-40)30-20-32-29(19-33(30)46-39)35-38(45-32)42-36(28-16-10-24(4)18-34(28)47-42)44(35)26-13-7-22(2)8-14-26/h2*5-20H,1-4H3. The molecule has 10 nitrogen and oxygen atoms in total. The minimum atomic E-state index is 0.715. The third kappa shape index (κ3) is 7.39. The molecule has 22 aromatic rings. The quantitative estimate of drug-likeness (QED) is 0.174. The monoisotopic (exact) mass is 1280 g/mol. The van der Waals surface area contributed by atoms with Crippen LogP contribution in [0.1, 0.15) is 44.5 Å². The van der Waals surface area contributed by atoms with Crippen LogP contribution in [0.3, 0.4) is 0 Å². The predicted molar refractivity (Wildman–Crippen MR) is 398 cm³/mol. The van der Waals surface area contributed by atoms with Gasteiger partial charge in [-0.1, -0.05) is 107 Å². The van der Waals surface area contributed by atoms with Crippen LogP contribution in [0.15, 0.2) is 221 Å². The van der Waals surface area contributed by atoms with Crippen LogP contribution in [0.5, 0.6) is 0 Å². The summed E-state index contributed by atoms with van der Waals surface area (Å²) in [7, 11) is 0. The maximum atomic E-state index is 6.92. The number of nitrogens with zero attached hydrogens (tertiary/aromatic N) is 4. The number of fused-ring (bicyclic) bond motifs is 28. The zero-order valence-corrected chi connectivity index (χ0v) is 55.2. The van der Waals surface area contributed by atoms with Gasteiger partial charge in [-0.3, -0.25) is 0 Å². The Bertz CT molecular complexity index is 6700. The summed E-state index contributed by atoms with van der Waals surface area (Å²) in [6.07, 6.45) is 0. The van der Waals surface area contributed by atoms with Gasteiger partial charge < -0.3 is 44.8 Å². The molecule has 0 saturated heterocycles. The first-order chi connectivity index (χ1) is 46.8. The Morgan fingerprint density at radius 3 is 1.20 bits per heavy atom. The van der Waals surface area contributed by atoms with E-state index in [4.69, 9.17) is 26.5 Å². The van der Waals surface area contributed by atoms with Gasteiger partial charge in [0.05, 0.1) is 36.0 Å². The number of aromatic nitrogens is 4. The molecule has 96 heavy (non-hydrogen) atoms. The van der Waals surface area contributed by atoms with Crippen molar-refractivity contribution < 1.29 is 26.5 Å². The van der Waals surface area contributed by atoms with Crippen molar-refractivity contribution in [3.05, 3.63) is 239 Å². The highest BCUT2D eigenvalue weighted by molar-refractivity contribution is 7.27. The number of furan rings is 6. The molecule has 0 unspecified atom stereocenters. The normalized spacial score (nSPS) is 12.6. The molecule has 0 N–H and O–H groups in total. The summed E-state index contributed by atoms with van der Waals surface area (Å²) in [5, 5.41) is 8.59. The molecule has 10 aromatic carbocycles. The van der Waals surface area contributed by atoms with Crippen LogP contribution in [0.2, 0.25) is 0 Å². The molecule has 12 aromatic heterocycles. The molecule has 0 atom stereocenters. The Morgan fingerprint density at radius 2 is 0.604 bits per heavy atom. The summed E-state index contributed by atoms with van der Waals surface area (Å²) < 4.78 is 54.7. The fourth-order valence-corrected chi connectivity index (χ4v) is 17.8. The lowest BCUT2D eigenvalue weighted by molar-refractivity contribution is 0.634. The van der Waals surface area contributed by atoms with Gasteiger partial charge in [-0.05, 0) is 187 Å². The van der Waals surface area contributed by atoms with Gasteiger partial charge in [0.25, 0.3) is 0 Å². The van der Waals surface area contributed by atoms with Gasteiger partial charge in [0.1, 0.15) is 55.5 Å². The van der Waals surface area contributed by atoms with E-state index < -0.39 is 0 Å². The summed E-state index contributed by atoms with van der Waals surface area (Å²) in [4.78, 5) is 0. The fourth-order valence-electron chi connectivity index (χ4n) is 15.3. The van der Waals surface area contributed by atoms with Gasteiger partial charge >= 0.3 is 0 Å².